The van der Waals surface area contributed by atoms with Crippen molar-refractivity contribution in [1.82, 2.24) is 14.7 Å². The summed E-state index contributed by atoms with van der Waals surface area (Å²) in [5, 5.41) is 3.50. The van der Waals surface area contributed by atoms with Crippen molar-refractivity contribution < 1.29 is 18.0 Å². The molecule has 198 valence electrons. The van der Waals surface area contributed by atoms with Crippen molar-refractivity contribution in [1.29, 1.82) is 0 Å². The maximum absolute atomic E-state index is 13.0. The van der Waals surface area contributed by atoms with Gasteiger partial charge in [-0.3, -0.25) is 9.20 Å². The Morgan fingerprint density at radius 1 is 1.05 bits per heavy atom. The second-order valence-corrected chi connectivity index (χ2v) is 9.95. The number of halogens is 4. The van der Waals surface area contributed by atoms with Crippen molar-refractivity contribution in [3.63, 3.8) is 0 Å². The molecule has 1 N–H and O–H groups in total. The van der Waals surface area contributed by atoms with Crippen LogP contribution in [0.4, 0.5) is 18.9 Å². The molecular weight excluding hydrogens is 513 g/mol. The highest BCUT2D eigenvalue weighted by Crippen LogP contribution is 2.34. The van der Waals surface area contributed by atoms with Gasteiger partial charge in [-0.2, -0.15) is 13.2 Å². The van der Waals surface area contributed by atoms with E-state index in [0.29, 0.717) is 35.0 Å². The van der Waals surface area contributed by atoms with Gasteiger partial charge in [0.1, 0.15) is 5.69 Å². The molecule has 0 bridgehead atoms. The van der Waals surface area contributed by atoms with Crippen LogP contribution < -0.4 is 10.2 Å². The van der Waals surface area contributed by atoms with Crippen molar-refractivity contribution in [3.8, 4) is 0 Å². The Morgan fingerprint density at radius 3 is 2.37 bits per heavy atom. The molecule has 0 aliphatic carbocycles. The standard InChI is InChI=1S/C29H28ClF3N4O/c1-2-25-26(37-15-3-4-24(30)27(37)35-25)28(38)34-18-19-5-11-23(12-6-19)36-16-13-21(14-17-36)20-7-9-22(10-8-20)29(31,32)33/h3-12,15,21H,2,13-14,16-18H2,1H3,(H,34,38). The first-order chi connectivity index (χ1) is 18.2. The van der Waals surface area contributed by atoms with Crippen LogP contribution in [0.25, 0.3) is 5.65 Å². The molecule has 0 unspecified atom stereocenters. The summed E-state index contributed by atoms with van der Waals surface area (Å²) in [5.74, 6) is 0.0524. The number of pyridine rings is 1. The number of alkyl halides is 3. The highest BCUT2D eigenvalue weighted by atomic mass is 35.5. The zero-order chi connectivity index (χ0) is 26.9. The summed E-state index contributed by atoms with van der Waals surface area (Å²) in [7, 11) is 0. The number of aromatic nitrogens is 2. The Bertz CT molecular complexity index is 1420. The predicted molar refractivity (Wildman–Crippen MR) is 143 cm³/mol. The van der Waals surface area contributed by atoms with Crippen LogP contribution in [0.2, 0.25) is 5.02 Å². The van der Waals surface area contributed by atoms with Crippen molar-refractivity contribution in [2.24, 2.45) is 0 Å². The number of carbonyl (C=O) groups is 1. The highest BCUT2D eigenvalue weighted by Gasteiger charge is 2.30. The zero-order valence-corrected chi connectivity index (χ0v) is 21.7. The molecule has 0 spiro atoms. The number of hydrogen-bond acceptors (Lipinski definition) is 3. The van der Waals surface area contributed by atoms with Gasteiger partial charge in [-0.05, 0) is 72.7 Å². The van der Waals surface area contributed by atoms with Crippen LogP contribution in [0.15, 0.2) is 66.9 Å². The SMILES string of the molecule is CCc1nc2c(Cl)cccn2c1C(=O)NCc1ccc(N2CCC(c3ccc(C(F)(F)F)cc3)CC2)cc1. The van der Waals surface area contributed by atoms with Gasteiger partial charge in [0, 0.05) is 31.5 Å². The number of nitrogens with one attached hydrogen (secondary N) is 1. The van der Waals surface area contributed by atoms with E-state index in [2.05, 4.69) is 15.2 Å². The fraction of sp³-hybridized carbons (Fsp3) is 0.310. The van der Waals surface area contributed by atoms with Crippen LogP contribution in [0.5, 0.6) is 0 Å². The van der Waals surface area contributed by atoms with Crippen LogP contribution in [0.1, 0.15) is 58.6 Å². The second-order valence-electron chi connectivity index (χ2n) is 9.54. The number of nitrogens with zero attached hydrogens (tertiary/aromatic N) is 3. The lowest BCUT2D eigenvalue weighted by Crippen LogP contribution is -2.32. The molecular formula is C29H28ClF3N4O. The van der Waals surface area contributed by atoms with Crippen LogP contribution >= 0.6 is 11.6 Å². The summed E-state index contributed by atoms with van der Waals surface area (Å²) in [6, 6.07) is 17.2. The molecule has 1 aliphatic rings. The Balaban J connectivity index is 1.18. The molecule has 38 heavy (non-hydrogen) atoms. The van der Waals surface area contributed by atoms with E-state index in [1.807, 2.05) is 31.2 Å². The average molecular weight is 541 g/mol. The van der Waals surface area contributed by atoms with Gasteiger partial charge >= 0.3 is 6.18 Å². The Hall–Kier alpha value is -3.52. The molecule has 9 heteroatoms. The van der Waals surface area contributed by atoms with Crippen LogP contribution in [-0.4, -0.2) is 28.4 Å². The number of imidazole rings is 1. The lowest BCUT2D eigenvalue weighted by molar-refractivity contribution is -0.137. The summed E-state index contributed by atoms with van der Waals surface area (Å²) in [6.07, 6.45) is -0.140. The third-order valence-corrected chi connectivity index (χ3v) is 7.48. The number of anilines is 1. The zero-order valence-electron chi connectivity index (χ0n) is 20.9. The van der Waals surface area contributed by atoms with Gasteiger partial charge < -0.3 is 10.2 Å². The van der Waals surface area contributed by atoms with E-state index in [1.54, 1.807) is 34.9 Å². The first-order valence-electron chi connectivity index (χ1n) is 12.7. The smallest absolute Gasteiger partial charge is 0.371 e. The monoisotopic (exact) mass is 540 g/mol. The molecule has 2 aromatic heterocycles. The van der Waals surface area contributed by atoms with Gasteiger partial charge in [-0.1, -0.05) is 42.8 Å². The van der Waals surface area contributed by atoms with Gasteiger partial charge in [-0.25, -0.2) is 4.98 Å². The molecule has 5 rings (SSSR count). The van der Waals surface area contributed by atoms with Crippen molar-refractivity contribution in [3.05, 3.63) is 100.0 Å². The molecule has 0 radical (unpaired) electrons. The normalized spacial score (nSPS) is 14.7. The number of amides is 1. The van der Waals surface area contributed by atoms with Gasteiger partial charge in [0.25, 0.3) is 5.91 Å². The molecule has 1 aliphatic heterocycles. The molecule has 4 aromatic rings. The minimum absolute atomic E-state index is 0.203. The van der Waals surface area contributed by atoms with E-state index >= 15 is 0 Å². The summed E-state index contributed by atoms with van der Waals surface area (Å²) in [4.78, 5) is 19.9. The van der Waals surface area contributed by atoms with E-state index in [4.69, 9.17) is 11.6 Å². The number of rotatable bonds is 6. The van der Waals surface area contributed by atoms with Crippen molar-refractivity contribution in [2.75, 3.05) is 18.0 Å². The topological polar surface area (TPSA) is 49.6 Å². The molecule has 1 saturated heterocycles. The third kappa shape index (κ3) is 5.36. The van der Waals surface area contributed by atoms with E-state index in [0.717, 1.165) is 42.7 Å². The second kappa shape index (κ2) is 10.7. The predicted octanol–water partition coefficient (Wildman–Crippen LogP) is 6.88. The van der Waals surface area contributed by atoms with Crippen LogP contribution in [-0.2, 0) is 19.1 Å². The van der Waals surface area contributed by atoms with E-state index in [9.17, 15) is 18.0 Å². The molecule has 3 heterocycles. The lowest BCUT2D eigenvalue weighted by atomic mass is 9.88. The highest BCUT2D eigenvalue weighted by molar-refractivity contribution is 6.33. The average Bonchev–Trinajstić information content (AvgIpc) is 3.32. The van der Waals surface area contributed by atoms with E-state index in [1.165, 1.54) is 12.1 Å². The number of piperidine rings is 1. The molecule has 2 aromatic carbocycles. The van der Waals surface area contributed by atoms with Gasteiger partial charge in [-0.15, -0.1) is 0 Å². The molecule has 1 fully saturated rings. The van der Waals surface area contributed by atoms with Crippen molar-refractivity contribution >= 4 is 28.8 Å². The maximum atomic E-state index is 13.0. The summed E-state index contributed by atoms with van der Waals surface area (Å²) >= 11 is 6.26. The Morgan fingerprint density at radius 2 is 1.74 bits per heavy atom. The number of hydrogen-bond donors (Lipinski definition) is 1. The fourth-order valence-electron chi connectivity index (χ4n) is 5.07. The molecule has 1 amide bonds. The first kappa shape index (κ1) is 26.1. The van der Waals surface area contributed by atoms with Gasteiger partial charge in [0.2, 0.25) is 0 Å². The minimum atomic E-state index is -4.31. The quantitative estimate of drug-likeness (QED) is 0.290. The van der Waals surface area contributed by atoms with Crippen molar-refractivity contribution in [2.45, 2.75) is 44.8 Å². The van der Waals surface area contributed by atoms with Gasteiger partial charge in [0.05, 0.1) is 16.3 Å². The van der Waals surface area contributed by atoms with E-state index < -0.39 is 11.7 Å². The number of aryl methyl sites for hydroxylation is 1. The third-order valence-electron chi connectivity index (χ3n) is 7.18. The Labute approximate surface area is 224 Å². The van der Waals surface area contributed by atoms with Crippen LogP contribution in [0, 0.1) is 0 Å². The van der Waals surface area contributed by atoms with E-state index in [-0.39, 0.29) is 11.8 Å². The lowest BCUT2D eigenvalue weighted by Gasteiger charge is -2.34. The number of benzene rings is 2. The largest absolute Gasteiger partial charge is 0.416 e. The maximum Gasteiger partial charge on any atom is 0.416 e. The number of fused-ring (bicyclic) bond motifs is 1. The summed E-state index contributed by atoms with van der Waals surface area (Å²) in [5.41, 5.74) is 4.19. The Kier molecular flexibility index (Phi) is 7.34. The fourth-order valence-corrected chi connectivity index (χ4v) is 5.28. The first-order valence-corrected chi connectivity index (χ1v) is 13.1. The molecule has 5 nitrogen and oxygen atoms in total. The number of carbonyl (C=O) groups excluding carboxylic acids is 1. The summed E-state index contributed by atoms with van der Waals surface area (Å²) in [6.45, 7) is 4.00. The molecule has 0 saturated carbocycles. The van der Waals surface area contributed by atoms with Gasteiger partial charge in [0.15, 0.2) is 5.65 Å². The minimum Gasteiger partial charge on any atom is -0.371 e. The summed E-state index contributed by atoms with van der Waals surface area (Å²) < 4.78 is 40.3. The van der Waals surface area contributed by atoms with Crippen LogP contribution in [0.3, 0.4) is 0 Å². The molecule has 0 atom stereocenters.